The molecule has 15 heavy (non-hydrogen) atoms. The maximum Gasteiger partial charge on any atom is 0.322 e. The van der Waals surface area contributed by atoms with Crippen LogP contribution in [0.3, 0.4) is 0 Å². The average Bonchev–Trinajstić information content (AvgIpc) is 2.27. The van der Waals surface area contributed by atoms with E-state index in [4.69, 9.17) is 5.53 Å². The zero-order chi connectivity index (χ0) is 11.5. The van der Waals surface area contributed by atoms with E-state index in [-0.39, 0.29) is 12.0 Å². The molecule has 0 bridgehead atoms. The Labute approximate surface area is 93.4 Å². The Morgan fingerprint density at radius 3 is 3.00 bits per heavy atom. The van der Waals surface area contributed by atoms with Crippen LogP contribution in [0.2, 0.25) is 0 Å². The maximum atomic E-state index is 11.3. The highest BCUT2D eigenvalue weighted by Crippen LogP contribution is 2.02. The van der Waals surface area contributed by atoms with Crippen molar-refractivity contribution in [1.82, 2.24) is 5.32 Å². The molecule has 1 N–H and O–H groups in total. The molecule has 1 unspecified atom stereocenters. The first kappa shape index (κ1) is 14.1. The van der Waals surface area contributed by atoms with Crippen molar-refractivity contribution in [2.75, 3.05) is 32.2 Å². The Hall–Kier alpha value is -0.910. The molecule has 0 heterocycles. The van der Waals surface area contributed by atoms with Gasteiger partial charge in [0.25, 0.3) is 0 Å². The van der Waals surface area contributed by atoms with Gasteiger partial charge < -0.3 is 10.1 Å². The third-order valence-electron chi connectivity index (χ3n) is 1.76. The highest BCUT2D eigenvalue weighted by atomic mass is 32.2. The van der Waals surface area contributed by atoms with E-state index < -0.39 is 0 Å². The van der Waals surface area contributed by atoms with Gasteiger partial charge in [-0.15, -0.1) is 0 Å². The van der Waals surface area contributed by atoms with Crippen LogP contribution in [0.5, 0.6) is 0 Å². The lowest BCUT2D eigenvalue weighted by atomic mass is 10.2. The lowest BCUT2D eigenvalue weighted by Crippen LogP contribution is -2.39. The first-order valence-corrected chi connectivity index (χ1v) is 5.96. The zero-order valence-corrected chi connectivity index (χ0v) is 9.79. The van der Waals surface area contributed by atoms with Crippen molar-refractivity contribution in [1.29, 1.82) is 0 Å². The summed E-state index contributed by atoms with van der Waals surface area (Å²) in [5.41, 5.74) is 8.06. The number of carbonyl (C=O) groups is 1. The SMILES string of the molecule is COC(=O)C(CCSC)NCCN=[N+]=[N-]. The van der Waals surface area contributed by atoms with Crippen LogP contribution in [0.4, 0.5) is 0 Å². The van der Waals surface area contributed by atoms with Crippen LogP contribution >= 0.6 is 11.8 Å². The summed E-state index contributed by atoms with van der Waals surface area (Å²) in [6, 6.07) is -0.309. The summed E-state index contributed by atoms with van der Waals surface area (Å²) in [6.07, 6.45) is 2.69. The fraction of sp³-hybridized carbons (Fsp3) is 0.875. The summed E-state index contributed by atoms with van der Waals surface area (Å²) in [5, 5.41) is 6.36. The number of hydrogen-bond donors (Lipinski definition) is 1. The quantitative estimate of drug-likeness (QED) is 0.224. The molecule has 0 aromatic heterocycles. The van der Waals surface area contributed by atoms with Crippen LogP contribution in [0.1, 0.15) is 6.42 Å². The summed E-state index contributed by atoms with van der Waals surface area (Å²) in [6.45, 7) is 0.821. The molecule has 0 aromatic carbocycles. The fourth-order valence-corrected chi connectivity index (χ4v) is 1.49. The number of hydrogen-bond acceptors (Lipinski definition) is 5. The number of carbonyl (C=O) groups excluding carboxylic acids is 1. The summed E-state index contributed by atoms with van der Waals surface area (Å²) >= 11 is 1.67. The summed E-state index contributed by atoms with van der Waals surface area (Å²) in [5.74, 6) is 0.610. The van der Waals surface area contributed by atoms with Crippen LogP contribution in [0.25, 0.3) is 10.4 Å². The first-order valence-electron chi connectivity index (χ1n) is 4.57. The molecule has 0 aliphatic carbocycles. The molecule has 0 saturated carbocycles. The van der Waals surface area contributed by atoms with Gasteiger partial charge >= 0.3 is 5.97 Å². The number of ether oxygens (including phenoxy) is 1. The van der Waals surface area contributed by atoms with Crippen LogP contribution in [0, 0.1) is 0 Å². The van der Waals surface area contributed by atoms with Gasteiger partial charge in [-0.05, 0) is 24.0 Å². The van der Waals surface area contributed by atoms with Gasteiger partial charge in [-0.25, -0.2) is 0 Å². The Bertz CT molecular complexity index is 231. The van der Waals surface area contributed by atoms with Crippen molar-refractivity contribution >= 4 is 17.7 Å². The maximum absolute atomic E-state index is 11.3. The van der Waals surface area contributed by atoms with E-state index in [2.05, 4.69) is 20.1 Å². The number of methoxy groups -OCH3 is 1. The third-order valence-corrected chi connectivity index (χ3v) is 2.41. The molecule has 0 saturated heterocycles. The monoisotopic (exact) mass is 232 g/mol. The summed E-state index contributed by atoms with van der Waals surface area (Å²) in [7, 11) is 1.36. The van der Waals surface area contributed by atoms with Crippen molar-refractivity contribution in [2.45, 2.75) is 12.5 Å². The van der Waals surface area contributed by atoms with Crippen LogP contribution in [0.15, 0.2) is 5.11 Å². The van der Waals surface area contributed by atoms with Gasteiger partial charge in [0.15, 0.2) is 0 Å². The number of thioether (sulfide) groups is 1. The molecular formula is C8H16N4O2S. The van der Waals surface area contributed by atoms with Crippen LogP contribution < -0.4 is 5.32 Å². The third kappa shape index (κ3) is 7.07. The van der Waals surface area contributed by atoms with E-state index in [0.717, 1.165) is 5.75 Å². The minimum Gasteiger partial charge on any atom is -0.468 e. The number of nitrogens with zero attached hydrogens (tertiary/aromatic N) is 3. The molecule has 0 fully saturated rings. The molecular weight excluding hydrogens is 216 g/mol. The van der Waals surface area contributed by atoms with E-state index in [1.54, 1.807) is 11.8 Å². The lowest BCUT2D eigenvalue weighted by Gasteiger charge is -2.14. The molecule has 0 aromatic rings. The Balaban J connectivity index is 3.89. The van der Waals surface area contributed by atoms with E-state index in [1.807, 2.05) is 6.26 Å². The smallest absolute Gasteiger partial charge is 0.322 e. The van der Waals surface area contributed by atoms with Gasteiger partial charge in [0.2, 0.25) is 0 Å². The predicted molar refractivity (Wildman–Crippen MR) is 60.8 cm³/mol. The Kier molecular flexibility index (Phi) is 9.05. The highest BCUT2D eigenvalue weighted by Gasteiger charge is 2.16. The van der Waals surface area contributed by atoms with E-state index >= 15 is 0 Å². The van der Waals surface area contributed by atoms with Crippen molar-refractivity contribution in [3.05, 3.63) is 10.4 Å². The predicted octanol–water partition coefficient (Wildman–Crippen LogP) is 1.18. The number of azide groups is 1. The van der Waals surface area contributed by atoms with Gasteiger partial charge in [0.05, 0.1) is 7.11 Å². The molecule has 6 nitrogen and oxygen atoms in total. The van der Waals surface area contributed by atoms with Crippen molar-refractivity contribution in [3.63, 3.8) is 0 Å². The standard InChI is InChI=1S/C8H16N4O2S/c1-14-8(13)7(3-6-15-2)10-4-5-11-12-9/h7,10H,3-6H2,1-2H3. The average molecular weight is 232 g/mol. The first-order chi connectivity index (χ1) is 7.26. The van der Waals surface area contributed by atoms with Gasteiger partial charge in [-0.3, -0.25) is 4.79 Å². The van der Waals surface area contributed by atoms with Crippen molar-refractivity contribution in [3.8, 4) is 0 Å². The van der Waals surface area contributed by atoms with Crippen LogP contribution in [-0.4, -0.2) is 44.2 Å². The number of nitrogens with one attached hydrogen (secondary N) is 1. The Morgan fingerprint density at radius 2 is 2.47 bits per heavy atom. The van der Waals surface area contributed by atoms with Crippen molar-refractivity contribution in [2.24, 2.45) is 5.11 Å². The number of esters is 1. The molecule has 0 radical (unpaired) electrons. The highest BCUT2D eigenvalue weighted by molar-refractivity contribution is 7.98. The molecule has 0 rings (SSSR count). The summed E-state index contributed by atoms with van der Waals surface area (Å²) in [4.78, 5) is 13.9. The normalized spacial score (nSPS) is 11.6. The fourth-order valence-electron chi connectivity index (χ4n) is 1.01. The molecule has 7 heteroatoms. The van der Waals surface area contributed by atoms with E-state index in [9.17, 15) is 4.79 Å². The number of rotatable bonds is 8. The van der Waals surface area contributed by atoms with Gasteiger partial charge in [0, 0.05) is 18.0 Å². The topological polar surface area (TPSA) is 87.1 Å². The second-order valence-corrected chi connectivity index (χ2v) is 3.75. The largest absolute Gasteiger partial charge is 0.468 e. The molecule has 86 valence electrons. The van der Waals surface area contributed by atoms with Crippen LogP contribution in [-0.2, 0) is 9.53 Å². The van der Waals surface area contributed by atoms with Gasteiger partial charge in [-0.1, -0.05) is 5.11 Å². The van der Waals surface area contributed by atoms with E-state index in [0.29, 0.717) is 19.5 Å². The summed E-state index contributed by atoms with van der Waals surface area (Å²) < 4.78 is 4.65. The molecule has 1 atom stereocenters. The minimum absolute atomic E-state index is 0.273. The van der Waals surface area contributed by atoms with Gasteiger partial charge in [0.1, 0.15) is 6.04 Å². The second kappa shape index (κ2) is 9.64. The Morgan fingerprint density at radius 1 is 1.73 bits per heavy atom. The molecule has 0 aliphatic rings. The second-order valence-electron chi connectivity index (χ2n) is 2.77. The molecule has 0 spiro atoms. The minimum atomic E-state index is -0.309. The zero-order valence-electron chi connectivity index (χ0n) is 8.97. The van der Waals surface area contributed by atoms with Crippen molar-refractivity contribution < 1.29 is 9.53 Å². The molecule has 0 amide bonds. The lowest BCUT2D eigenvalue weighted by molar-refractivity contribution is -0.143. The van der Waals surface area contributed by atoms with E-state index in [1.165, 1.54) is 7.11 Å². The molecule has 0 aliphatic heterocycles. The van der Waals surface area contributed by atoms with Gasteiger partial charge in [-0.2, -0.15) is 11.8 Å².